The summed E-state index contributed by atoms with van der Waals surface area (Å²) in [6.45, 7) is 0. The predicted molar refractivity (Wildman–Crippen MR) is 59.2 cm³/mol. The van der Waals surface area contributed by atoms with Gasteiger partial charge < -0.3 is 9.32 Å². The lowest BCUT2D eigenvalue weighted by atomic mass is 10.2. The van der Waals surface area contributed by atoms with Gasteiger partial charge in [-0.2, -0.15) is 0 Å². The smallest absolute Gasteiger partial charge is 0.289 e. The van der Waals surface area contributed by atoms with Crippen molar-refractivity contribution in [1.29, 1.82) is 0 Å². The molecule has 4 heteroatoms. The molecule has 1 heterocycles. The summed E-state index contributed by atoms with van der Waals surface area (Å²) >= 11 is 5.83. The molecule has 0 aliphatic carbocycles. The van der Waals surface area contributed by atoms with E-state index in [1.807, 2.05) is 0 Å². The third-order valence-corrected chi connectivity index (χ3v) is 2.33. The highest BCUT2D eigenvalue weighted by atomic mass is 35.5. The number of carbonyl (C=O) groups excluding carboxylic acids is 1. The molecule has 1 amide bonds. The van der Waals surface area contributed by atoms with Gasteiger partial charge in [0.25, 0.3) is 5.91 Å². The van der Waals surface area contributed by atoms with E-state index < -0.39 is 0 Å². The molecule has 0 radical (unpaired) electrons. The molecule has 0 aliphatic rings. The summed E-state index contributed by atoms with van der Waals surface area (Å²) in [7, 11) is 3.37. The average Bonchev–Trinajstić information content (AvgIpc) is 2.58. The Bertz CT molecular complexity index is 516. The average molecular weight is 224 g/mol. The second kappa shape index (κ2) is 3.59. The van der Waals surface area contributed by atoms with E-state index in [4.69, 9.17) is 16.0 Å². The zero-order chi connectivity index (χ0) is 11.0. The highest BCUT2D eigenvalue weighted by Crippen LogP contribution is 2.23. The highest BCUT2D eigenvalue weighted by Gasteiger charge is 2.13. The van der Waals surface area contributed by atoms with Crippen LogP contribution in [0.5, 0.6) is 0 Å². The standard InChI is InChI=1S/C11H10ClNO2/c1-13(2)11(14)10-6-7-5-8(12)3-4-9(7)15-10/h3-6H,1-2H3. The van der Waals surface area contributed by atoms with E-state index in [2.05, 4.69) is 0 Å². The summed E-state index contributed by atoms with van der Waals surface area (Å²) in [4.78, 5) is 13.1. The van der Waals surface area contributed by atoms with E-state index in [9.17, 15) is 4.79 Å². The molecule has 0 N–H and O–H groups in total. The van der Waals surface area contributed by atoms with Crippen LogP contribution in [0.25, 0.3) is 11.0 Å². The van der Waals surface area contributed by atoms with Crippen molar-refractivity contribution in [1.82, 2.24) is 4.90 Å². The van der Waals surface area contributed by atoms with Gasteiger partial charge in [-0.05, 0) is 24.3 Å². The van der Waals surface area contributed by atoms with Gasteiger partial charge in [0.15, 0.2) is 5.76 Å². The Balaban J connectivity index is 2.52. The largest absolute Gasteiger partial charge is 0.451 e. The Morgan fingerprint density at radius 2 is 2.07 bits per heavy atom. The van der Waals surface area contributed by atoms with Crippen LogP contribution in [0.1, 0.15) is 10.6 Å². The van der Waals surface area contributed by atoms with Crippen LogP contribution in [-0.2, 0) is 0 Å². The van der Waals surface area contributed by atoms with Gasteiger partial charge in [-0.3, -0.25) is 4.79 Å². The first kappa shape index (κ1) is 10.1. The maximum Gasteiger partial charge on any atom is 0.289 e. The van der Waals surface area contributed by atoms with Gasteiger partial charge in [-0.15, -0.1) is 0 Å². The fourth-order valence-corrected chi connectivity index (χ4v) is 1.52. The van der Waals surface area contributed by atoms with Gasteiger partial charge in [-0.25, -0.2) is 0 Å². The lowest BCUT2D eigenvalue weighted by Gasteiger charge is -2.06. The van der Waals surface area contributed by atoms with Gasteiger partial charge >= 0.3 is 0 Å². The highest BCUT2D eigenvalue weighted by molar-refractivity contribution is 6.31. The fourth-order valence-electron chi connectivity index (χ4n) is 1.34. The van der Waals surface area contributed by atoms with E-state index in [-0.39, 0.29) is 5.91 Å². The number of hydrogen-bond donors (Lipinski definition) is 0. The molecule has 1 aromatic carbocycles. The second-order valence-electron chi connectivity index (χ2n) is 3.49. The van der Waals surface area contributed by atoms with Crippen LogP contribution >= 0.6 is 11.6 Å². The van der Waals surface area contributed by atoms with Crippen LogP contribution < -0.4 is 0 Å². The molecule has 78 valence electrons. The van der Waals surface area contributed by atoms with E-state index in [1.165, 1.54) is 4.90 Å². The summed E-state index contributed by atoms with van der Waals surface area (Å²) in [6.07, 6.45) is 0. The summed E-state index contributed by atoms with van der Waals surface area (Å²) in [6, 6.07) is 6.96. The summed E-state index contributed by atoms with van der Waals surface area (Å²) in [5, 5.41) is 1.47. The molecule has 1 aromatic heterocycles. The first-order chi connectivity index (χ1) is 7.08. The van der Waals surface area contributed by atoms with Crippen LogP contribution in [0.2, 0.25) is 5.02 Å². The zero-order valence-corrected chi connectivity index (χ0v) is 9.21. The minimum Gasteiger partial charge on any atom is -0.451 e. The van der Waals surface area contributed by atoms with Crippen LogP contribution in [0.3, 0.4) is 0 Å². The topological polar surface area (TPSA) is 33.5 Å². The number of carbonyl (C=O) groups is 1. The Kier molecular flexibility index (Phi) is 2.40. The molecule has 0 aliphatic heterocycles. The Morgan fingerprint density at radius 1 is 1.33 bits per heavy atom. The van der Waals surface area contributed by atoms with Crippen molar-refractivity contribution in [2.45, 2.75) is 0 Å². The lowest BCUT2D eigenvalue weighted by molar-refractivity contribution is 0.0799. The van der Waals surface area contributed by atoms with Crippen molar-refractivity contribution in [3.8, 4) is 0 Å². The molecular formula is C11H10ClNO2. The van der Waals surface area contributed by atoms with Crippen LogP contribution in [0.4, 0.5) is 0 Å². The predicted octanol–water partition coefficient (Wildman–Crippen LogP) is 2.79. The Labute approximate surface area is 92.2 Å². The van der Waals surface area contributed by atoms with Crippen LogP contribution in [0, 0.1) is 0 Å². The van der Waals surface area contributed by atoms with E-state index >= 15 is 0 Å². The Morgan fingerprint density at radius 3 is 2.73 bits per heavy atom. The normalized spacial score (nSPS) is 10.6. The second-order valence-corrected chi connectivity index (χ2v) is 3.93. The Hall–Kier alpha value is -1.48. The molecule has 2 rings (SSSR count). The maximum atomic E-state index is 11.6. The monoisotopic (exact) mass is 223 g/mol. The SMILES string of the molecule is CN(C)C(=O)c1cc2cc(Cl)ccc2o1. The van der Waals surface area contributed by atoms with Crippen molar-refractivity contribution in [3.63, 3.8) is 0 Å². The molecule has 0 fully saturated rings. The van der Waals surface area contributed by atoms with Gasteiger partial charge in [0, 0.05) is 24.5 Å². The number of hydrogen-bond acceptors (Lipinski definition) is 2. The first-order valence-electron chi connectivity index (χ1n) is 4.48. The quantitative estimate of drug-likeness (QED) is 0.745. The number of benzene rings is 1. The molecule has 0 spiro atoms. The summed E-state index contributed by atoms with van der Waals surface area (Å²) in [5.41, 5.74) is 0.671. The van der Waals surface area contributed by atoms with Crippen molar-refractivity contribution < 1.29 is 9.21 Å². The molecule has 0 saturated heterocycles. The number of nitrogens with zero attached hydrogens (tertiary/aromatic N) is 1. The maximum absolute atomic E-state index is 11.6. The molecule has 0 atom stereocenters. The van der Waals surface area contributed by atoms with Gasteiger partial charge in [-0.1, -0.05) is 11.6 Å². The molecule has 0 bridgehead atoms. The van der Waals surface area contributed by atoms with Crippen molar-refractivity contribution in [2.75, 3.05) is 14.1 Å². The number of amides is 1. The lowest BCUT2D eigenvalue weighted by Crippen LogP contribution is -2.20. The summed E-state index contributed by atoms with van der Waals surface area (Å²) < 4.78 is 5.40. The van der Waals surface area contributed by atoms with Gasteiger partial charge in [0.05, 0.1) is 0 Å². The van der Waals surface area contributed by atoms with Crippen LogP contribution in [-0.4, -0.2) is 24.9 Å². The number of halogens is 1. The number of fused-ring (bicyclic) bond motifs is 1. The van der Waals surface area contributed by atoms with Crippen LogP contribution in [0.15, 0.2) is 28.7 Å². The third-order valence-electron chi connectivity index (χ3n) is 2.10. The van der Waals surface area contributed by atoms with Crippen molar-refractivity contribution >= 4 is 28.5 Å². The van der Waals surface area contributed by atoms with E-state index in [0.717, 1.165) is 5.39 Å². The van der Waals surface area contributed by atoms with Gasteiger partial charge in [0.2, 0.25) is 0 Å². The number of rotatable bonds is 1. The summed E-state index contributed by atoms with van der Waals surface area (Å²) in [5.74, 6) is 0.180. The minimum absolute atomic E-state index is 0.151. The van der Waals surface area contributed by atoms with E-state index in [1.54, 1.807) is 38.4 Å². The number of furan rings is 1. The molecule has 2 aromatic rings. The molecule has 0 unspecified atom stereocenters. The first-order valence-corrected chi connectivity index (χ1v) is 4.86. The van der Waals surface area contributed by atoms with E-state index in [0.29, 0.717) is 16.4 Å². The van der Waals surface area contributed by atoms with Crippen molar-refractivity contribution in [3.05, 3.63) is 35.0 Å². The van der Waals surface area contributed by atoms with Gasteiger partial charge in [0.1, 0.15) is 5.58 Å². The van der Waals surface area contributed by atoms with Crippen molar-refractivity contribution in [2.24, 2.45) is 0 Å². The minimum atomic E-state index is -0.151. The molecule has 3 nitrogen and oxygen atoms in total. The molecule has 15 heavy (non-hydrogen) atoms. The third kappa shape index (κ3) is 1.83. The fraction of sp³-hybridized carbons (Fsp3) is 0.182. The molecular weight excluding hydrogens is 214 g/mol. The molecule has 0 saturated carbocycles. The zero-order valence-electron chi connectivity index (χ0n) is 8.45.